The van der Waals surface area contributed by atoms with Gasteiger partial charge in [-0.05, 0) is 26.2 Å². The molecule has 1 heterocycles. The Balaban J connectivity index is 1.84. The van der Waals surface area contributed by atoms with Crippen molar-refractivity contribution in [2.75, 3.05) is 11.9 Å². The van der Waals surface area contributed by atoms with Crippen LogP contribution in [0.15, 0.2) is 17.2 Å². The third-order valence-electron chi connectivity index (χ3n) is 3.47. The summed E-state index contributed by atoms with van der Waals surface area (Å²) < 4.78 is 1.72. The molecule has 20 heavy (non-hydrogen) atoms. The van der Waals surface area contributed by atoms with Gasteiger partial charge in [0.05, 0.1) is 0 Å². The van der Waals surface area contributed by atoms with Gasteiger partial charge < -0.3 is 15.2 Å². The van der Waals surface area contributed by atoms with Crippen LogP contribution in [0.25, 0.3) is 0 Å². The molecule has 2 N–H and O–H groups in total. The van der Waals surface area contributed by atoms with Crippen molar-refractivity contribution in [1.82, 2.24) is 14.9 Å². The zero-order chi connectivity index (χ0) is 14.5. The molecule has 1 aliphatic carbocycles. The molecule has 1 saturated carbocycles. The summed E-state index contributed by atoms with van der Waals surface area (Å²) in [7, 11) is 0. The van der Waals surface area contributed by atoms with Crippen molar-refractivity contribution >= 4 is 11.7 Å². The van der Waals surface area contributed by atoms with Gasteiger partial charge in [-0.3, -0.25) is 9.59 Å². The van der Waals surface area contributed by atoms with Gasteiger partial charge in [-0.25, -0.2) is 4.98 Å². The van der Waals surface area contributed by atoms with E-state index >= 15 is 0 Å². The summed E-state index contributed by atoms with van der Waals surface area (Å²) in [4.78, 5) is 27.8. The van der Waals surface area contributed by atoms with Crippen LogP contribution in [0.2, 0.25) is 0 Å². The van der Waals surface area contributed by atoms with E-state index in [4.69, 9.17) is 0 Å². The summed E-state index contributed by atoms with van der Waals surface area (Å²) in [6, 6.07) is 0.518. The van der Waals surface area contributed by atoms with Crippen LogP contribution in [0.1, 0.15) is 45.6 Å². The fourth-order valence-electron chi connectivity index (χ4n) is 1.93. The first kappa shape index (κ1) is 14.6. The van der Waals surface area contributed by atoms with Crippen LogP contribution in [0.3, 0.4) is 0 Å². The van der Waals surface area contributed by atoms with E-state index in [-0.39, 0.29) is 17.5 Å². The van der Waals surface area contributed by atoms with Crippen LogP contribution in [-0.2, 0) is 4.79 Å². The van der Waals surface area contributed by atoms with Gasteiger partial charge in [0, 0.05) is 37.4 Å². The molecule has 1 aliphatic rings. The van der Waals surface area contributed by atoms with Gasteiger partial charge in [0.1, 0.15) is 0 Å². The number of hydrogen-bond donors (Lipinski definition) is 2. The number of carbonyl (C=O) groups excluding carboxylic acids is 1. The fraction of sp³-hybridized carbons (Fsp3) is 0.643. The Bertz CT molecular complexity index is 522. The maximum Gasteiger partial charge on any atom is 0.293 e. The molecule has 6 heteroatoms. The number of amides is 1. The Hall–Kier alpha value is -1.85. The van der Waals surface area contributed by atoms with Crippen molar-refractivity contribution in [2.24, 2.45) is 0 Å². The minimum atomic E-state index is -0.0997. The molecule has 0 aliphatic heterocycles. The van der Waals surface area contributed by atoms with E-state index in [0.29, 0.717) is 24.8 Å². The second-order valence-electron chi connectivity index (χ2n) is 5.27. The minimum absolute atomic E-state index is 0.00898. The lowest BCUT2D eigenvalue weighted by Crippen LogP contribution is -2.33. The Kier molecular flexibility index (Phi) is 4.76. The number of hydrogen-bond acceptors (Lipinski definition) is 4. The number of nitrogens with zero attached hydrogens (tertiary/aromatic N) is 2. The van der Waals surface area contributed by atoms with Gasteiger partial charge in [0.25, 0.3) is 5.56 Å². The summed E-state index contributed by atoms with van der Waals surface area (Å²) in [6.45, 7) is 4.41. The van der Waals surface area contributed by atoms with E-state index in [2.05, 4.69) is 15.6 Å². The highest BCUT2D eigenvalue weighted by atomic mass is 16.1. The standard InChI is InChI=1S/C14H22N4O2/c1-3-10(2)17-12(19)6-7-15-13-14(20)18(9-8-16-13)11-4-5-11/h8-11H,3-7H2,1-2H3,(H,15,16)(H,17,19). The molecule has 0 saturated heterocycles. The Labute approximate surface area is 118 Å². The van der Waals surface area contributed by atoms with Gasteiger partial charge in [-0.1, -0.05) is 6.92 Å². The summed E-state index contributed by atoms with van der Waals surface area (Å²) >= 11 is 0. The molecular weight excluding hydrogens is 256 g/mol. The van der Waals surface area contributed by atoms with Crippen LogP contribution in [0, 0.1) is 0 Å². The number of carbonyl (C=O) groups is 1. The number of aromatic nitrogens is 2. The minimum Gasteiger partial charge on any atom is -0.365 e. The molecule has 1 aromatic heterocycles. The van der Waals surface area contributed by atoms with E-state index in [1.54, 1.807) is 17.0 Å². The molecule has 110 valence electrons. The van der Waals surface area contributed by atoms with E-state index in [1.165, 1.54) is 0 Å². The summed E-state index contributed by atoms with van der Waals surface area (Å²) in [5, 5.41) is 5.84. The monoisotopic (exact) mass is 278 g/mol. The number of nitrogens with one attached hydrogen (secondary N) is 2. The van der Waals surface area contributed by atoms with Crippen molar-refractivity contribution < 1.29 is 4.79 Å². The van der Waals surface area contributed by atoms with Gasteiger partial charge in [-0.2, -0.15) is 0 Å². The SMILES string of the molecule is CCC(C)NC(=O)CCNc1nccn(C2CC2)c1=O. The van der Waals surface area contributed by atoms with Crippen LogP contribution < -0.4 is 16.2 Å². The predicted octanol–water partition coefficient (Wildman–Crippen LogP) is 1.29. The van der Waals surface area contributed by atoms with Crippen LogP contribution in [-0.4, -0.2) is 28.0 Å². The molecule has 2 rings (SSSR count). The van der Waals surface area contributed by atoms with Gasteiger partial charge in [-0.15, -0.1) is 0 Å². The third kappa shape index (κ3) is 3.82. The molecule has 0 bridgehead atoms. The zero-order valence-electron chi connectivity index (χ0n) is 12.1. The highest BCUT2D eigenvalue weighted by Gasteiger charge is 2.25. The molecular formula is C14H22N4O2. The maximum atomic E-state index is 12.1. The zero-order valence-corrected chi connectivity index (χ0v) is 12.1. The largest absolute Gasteiger partial charge is 0.365 e. The smallest absolute Gasteiger partial charge is 0.293 e. The first-order valence-corrected chi connectivity index (χ1v) is 7.22. The average Bonchev–Trinajstić information content (AvgIpc) is 3.25. The molecule has 1 amide bonds. The summed E-state index contributed by atoms with van der Waals surface area (Å²) in [5.74, 6) is 0.320. The highest BCUT2D eigenvalue weighted by molar-refractivity contribution is 5.76. The predicted molar refractivity (Wildman–Crippen MR) is 77.8 cm³/mol. The second kappa shape index (κ2) is 6.54. The Morgan fingerprint density at radius 1 is 1.55 bits per heavy atom. The first-order chi connectivity index (χ1) is 9.61. The van der Waals surface area contributed by atoms with E-state index in [1.807, 2.05) is 13.8 Å². The van der Waals surface area contributed by atoms with Crippen molar-refractivity contribution in [1.29, 1.82) is 0 Å². The third-order valence-corrected chi connectivity index (χ3v) is 3.47. The number of anilines is 1. The Morgan fingerprint density at radius 3 is 2.95 bits per heavy atom. The van der Waals surface area contributed by atoms with Crippen molar-refractivity contribution in [3.05, 3.63) is 22.7 Å². The van der Waals surface area contributed by atoms with E-state index < -0.39 is 0 Å². The van der Waals surface area contributed by atoms with Crippen molar-refractivity contribution in [3.63, 3.8) is 0 Å². The molecule has 1 atom stereocenters. The molecule has 1 aromatic rings. The lowest BCUT2D eigenvalue weighted by atomic mass is 10.2. The molecule has 1 fully saturated rings. The van der Waals surface area contributed by atoms with E-state index in [9.17, 15) is 9.59 Å². The molecule has 0 aromatic carbocycles. The lowest BCUT2D eigenvalue weighted by molar-refractivity contribution is -0.121. The normalized spacial score (nSPS) is 15.7. The lowest BCUT2D eigenvalue weighted by Gasteiger charge is -2.12. The van der Waals surface area contributed by atoms with Crippen molar-refractivity contribution in [3.8, 4) is 0 Å². The van der Waals surface area contributed by atoms with Gasteiger partial charge in [0.2, 0.25) is 5.91 Å². The van der Waals surface area contributed by atoms with E-state index in [0.717, 1.165) is 19.3 Å². The summed E-state index contributed by atoms with van der Waals surface area (Å²) in [5.41, 5.74) is -0.0997. The molecule has 1 unspecified atom stereocenters. The fourth-order valence-corrected chi connectivity index (χ4v) is 1.93. The van der Waals surface area contributed by atoms with Crippen LogP contribution >= 0.6 is 0 Å². The first-order valence-electron chi connectivity index (χ1n) is 7.22. The molecule has 0 radical (unpaired) electrons. The molecule has 6 nitrogen and oxygen atoms in total. The average molecular weight is 278 g/mol. The van der Waals surface area contributed by atoms with Crippen molar-refractivity contribution in [2.45, 2.75) is 51.6 Å². The topological polar surface area (TPSA) is 76.0 Å². The Morgan fingerprint density at radius 2 is 2.30 bits per heavy atom. The van der Waals surface area contributed by atoms with Gasteiger partial charge in [0.15, 0.2) is 5.82 Å². The van der Waals surface area contributed by atoms with Gasteiger partial charge >= 0.3 is 0 Å². The maximum absolute atomic E-state index is 12.1. The quantitative estimate of drug-likeness (QED) is 0.788. The molecule has 0 spiro atoms. The summed E-state index contributed by atoms with van der Waals surface area (Å²) in [6.07, 6.45) is 6.71. The second-order valence-corrected chi connectivity index (χ2v) is 5.27. The highest BCUT2D eigenvalue weighted by Crippen LogP contribution is 2.33. The van der Waals surface area contributed by atoms with Crippen LogP contribution in [0.4, 0.5) is 5.82 Å². The number of rotatable bonds is 7. The van der Waals surface area contributed by atoms with Crippen LogP contribution in [0.5, 0.6) is 0 Å².